The Balaban J connectivity index is 1.95. The van der Waals surface area contributed by atoms with Gasteiger partial charge in [0.1, 0.15) is 5.82 Å². The van der Waals surface area contributed by atoms with Crippen LogP contribution in [0.5, 0.6) is 0 Å². The van der Waals surface area contributed by atoms with Crippen LogP contribution in [-0.4, -0.2) is 32.2 Å². The fraction of sp³-hybridized carbons (Fsp3) is 0.231. The zero-order chi connectivity index (χ0) is 13.9. The molecule has 0 radical (unpaired) electrons. The van der Waals surface area contributed by atoms with Crippen molar-refractivity contribution >= 4 is 22.8 Å². The molecule has 7 nitrogen and oxygen atoms in total. The summed E-state index contributed by atoms with van der Waals surface area (Å²) in [4.78, 5) is 12.9. The summed E-state index contributed by atoms with van der Waals surface area (Å²) in [6, 6.07) is 4.03. The zero-order valence-electron chi connectivity index (χ0n) is 11.3. The Morgan fingerprint density at radius 3 is 2.90 bits per heavy atom. The van der Waals surface area contributed by atoms with Crippen LogP contribution in [0.2, 0.25) is 0 Å². The predicted octanol–water partition coefficient (Wildman–Crippen LogP) is 1.96. The number of aromatic amines is 1. The number of H-pyrrole nitrogens is 1. The van der Waals surface area contributed by atoms with Crippen molar-refractivity contribution in [1.29, 1.82) is 0 Å². The molecule has 3 aromatic rings. The topological polar surface area (TPSA) is 91.4 Å². The smallest absolute Gasteiger partial charge is 0.226 e. The summed E-state index contributed by atoms with van der Waals surface area (Å²) in [6.45, 7) is 2.06. The molecule has 0 aliphatic heterocycles. The van der Waals surface area contributed by atoms with Crippen molar-refractivity contribution in [3.05, 3.63) is 36.3 Å². The Kier molecular flexibility index (Phi) is 3.16. The van der Waals surface area contributed by atoms with Gasteiger partial charge in [-0.1, -0.05) is 6.07 Å². The van der Waals surface area contributed by atoms with E-state index in [1.54, 1.807) is 19.4 Å². The molecule has 0 spiro atoms. The lowest BCUT2D eigenvalue weighted by Crippen LogP contribution is -2.10. The molecule has 3 rings (SSSR count). The third kappa shape index (κ3) is 2.25. The Morgan fingerprint density at radius 1 is 1.25 bits per heavy atom. The first kappa shape index (κ1) is 12.3. The van der Waals surface area contributed by atoms with E-state index >= 15 is 0 Å². The third-order valence-corrected chi connectivity index (χ3v) is 3.07. The van der Waals surface area contributed by atoms with Gasteiger partial charge in [-0.3, -0.25) is 10.1 Å². The van der Waals surface area contributed by atoms with Crippen molar-refractivity contribution in [3.63, 3.8) is 0 Å². The number of nitrogens with zero attached hydrogens (tertiary/aromatic N) is 4. The van der Waals surface area contributed by atoms with Crippen LogP contribution in [0, 0.1) is 0 Å². The maximum Gasteiger partial charge on any atom is 0.226 e. The van der Waals surface area contributed by atoms with Crippen LogP contribution in [-0.2, 0) is 0 Å². The van der Waals surface area contributed by atoms with Crippen molar-refractivity contribution in [3.8, 4) is 0 Å². The highest BCUT2D eigenvalue weighted by Crippen LogP contribution is 2.24. The first-order valence-electron chi connectivity index (χ1n) is 6.33. The van der Waals surface area contributed by atoms with Crippen LogP contribution in [0.1, 0.15) is 18.5 Å². The lowest BCUT2D eigenvalue weighted by atomic mass is 10.1. The van der Waals surface area contributed by atoms with Crippen molar-refractivity contribution in [1.82, 2.24) is 25.1 Å². The fourth-order valence-corrected chi connectivity index (χ4v) is 1.98. The van der Waals surface area contributed by atoms with Crippen LogP contribution in [0.25, 0.3) is 11.0 Å². The molecule has 3 N–H and O–H groups in total. The number of rotatable bonds is 4. The first-order valence-corrected chi connectivity index (χ1v) is 6.33. The molecule has 7 heteroatoms. The second-order valence-electron chi connectivity index (χ2n) is 4.43. The van der Waals surface area contributed by atoms with E-state index < -0.39 is 0 Å². The van der Waals surface area contributed by atoms with E-state index in [-0.39, 0.29) is 6.04 Å². The lowest BCUT2D eigenvalue weighted by Gasteiger charge is -2.15. The molecular weight excluding hydrogens is 254 g/mol. The molecule has 20 heavy (non-hydrogen) atoms. The first-order chi connectivity index (χ1) is 9.78. The summed E-state index contributed by atoms with van der Waals surface area (Å²) in [5.41, 5.74) is 1.79. The summed E-state index contributed by atoms with van der Waals surface area (Å²) in [7, 11) is 1.78. The monoisotopic (exact) mass is 269 g/mol. The molecule has 0 aliphatic carbocycles. The fourth-order valence-electron chi connectivity index (χ4n) is 1.98. The van der Waals surface area contributed by atoms with Crippen molar-refractivity contribution < 1.29 is 0 Å². The second kappa shape index (κ2) is 5.12. The second-order valence-corrected chi connectivity index (χ2v) is 4.43. The maximum atomic E-state index is 4.44. The van der Waals surface area contributed by atoms with Crippen molar-refractivity contribution in [2.45, 2.75) is 13.0 Å². The largest absolute Gasteiger partial charge is 0.363 e. The number of hydrogen-bond acceptors (Lipinski definition) is 6. The highest BCUT2D eigenvalue weighted by molar-refractivity contribution is 5.87. The van der Waals surface area contributed by atoms with Crippen molar-refractivity contribution in [2.75, 3.05) is 17.7 Å². The zero-order valence-corrected chi connectivity index (χ0v) is 11.3. The van der Waals surface area contributed by atoms with Gasteiger partial charge in [-0.05, 0) is 18.6 Å². The highest BCUT2D eigenvalue weighted by atomic mass is 15.2. The summed E-state index contributed by atoms with van der Waals surface area (Å²) in [5, 5.41) is 14.0. The number of pyridine rings is 1. The van der Waals surface area contributed by atoms with E-state index in [0.29, 0.717) is 11.6 Å². The Morgan fingerprint density at radius 2 is 2.15 bits per heavy atom. The quantitative estimate of drug-likeness (QED) is 0.670. The van der Waals surface area contributed by atoms with Crippen LogP contribution >= 0.6 is 0 Å². The number of anilines is 2. The van der Waals surface area contributed by atoms with E-state index in [0.717, 1.165) is 16.8 Å². The average Bonchev–Trinajstić information content (AvgIpc) is 2.96. The third-order valence-electron chi connectivity index (χ3n) is 3.07. The number of fused-ring (bicyclic) bond motifs is 1. The molecule has 3 aromatic heterocycles. The van der Waals surface area contributed by atoms with Gasteiger partial charge in [0.05, 0.1) is 17.6 Å². The minimum atomic E-state index is 0.0846. The summed E-state index contributed by atoms with van der Waals surface area (Å²) in [5.74, 6) is 1.28. The van der Waals surface area contributed by atoms with Gasteiger partial charge in [0.25, 0.3) is 0 Å². The summed E-state index contributed by atoms with van der Waals surface area (Å²) < 4.78 is 0. The molecule has 0 saturated heterocycles. The molecule has 0 saturated carbocycles. The van der Waals surface area contributed by atoms with Crippen LogP contribution in [0.3, 0.4) is 0 Å². The van der Waals surface area contributed by atoms with Gasteiger partial charge < -0.3 is 10.6 Å². The molecular formula is C13H15N7. The summed E-state index contributed by atoms with van der Waals surface area (Å²) in [6.07, 6.45) is 5.31. The average molecular weight is 269 g/mol. The van der Waals surface area contributed by atoms with Crippen LogP contribution < -0.4 is 10.6 Å². The van der Waals surface area contributed by atoms with Crippen molar-refractivity contribution in [2.24, 2.45) is 0 Å². The Bertz CT molecular complexity index is 707. The highest BCUT2D eigenvalue weighted by Gasteiger charge is 2.12. The molecule has 0 bridgehead atoms. The van der Waals surface area contributed by atoms with E-state index in [1.807, 2.05) is 18.3 Å². The maximum absolute atomic E-state index is 4.44. The molecule has 1 unspecified atom stereocenters. The molecule has 3 heterocycles. The molecule has 0 amide bonds. The van der Waals surface area contributed by atoms with E-state index in [9.17, 15) is 0 Å². The van der Waals surface area contributed by atoms with Crippen LogP contribution in [0.15, 0.2) is 30.7 Å². The molecule has 102 valence electrons. The Labute approximate surface area is 115 Å². The van der Waals surface area contributed by atoms with Gasteiger partial charge in [-0.25, -0.2) is 0 Å². The SMILES string of the molecule is CNc1nc(NC(C)c2cccnc2)c2cn[nH]c2n1. The minimum Gasteiger partial charge on any atom is -0.363 e. The van der Waals surface area contributed by atoms with Gasteiger partial charge >= 0.3 is 0 Å². The molecule has 0 aliphatic rings. The van der Waals surface area contributed by atoms with E-state index in [2.05, 4.69) is 42.7 Å². The van der Waals surface area contributed by atoms with Gasteiger partial charge in [-0.15, -0.1) is 0 Å². The Hall–Kier alpha value is -2.70. The van der Waals surface area contributed by atoms with Gasteiger partial charge in [0.2, 0.25) is 5.95 Å². The molecule has 0 fully saturated rings. The summed E-state index contributed by atoms with van der Waals surface area (Å²) >= 11 is 0. The van der Waals surface area contributed by atoms with Gasteiger partial charge in [-0.2, -0.15) is 15.1 Å². The van der Waals surface area contributed by atoms with Gasteiger partial charge in [0, 0.05) is 19.4 Å². The molecule has 0 aromatic carbocycles. The van der Waals surface area contributed by atoms with E-state index in [1.165, 1.54) is 0 Å². The standard InChI is InChI=1S/C13H15N7/c1-8(9-4-3-5-15-6-9)17-11-10-7-16-20-12(10)19-13(14-2)18-11/h3-8H,1-2H3,(H3,14,16,17,18,19,20). The van der Waals surface area contributed by atoms with Crippen LogP contribution in [0.4, 0.5) is 11.8 Å². The predicted molar refractivity (Wildman–Crippen MR) is 77.5 cm³/mol. The number of aromatic nitrogens is 5. The number of nitrogens with one attached hydrogen (secondary N) is 3. The lowest BCUT2D eigenvalue weighted by molar-refractivity contribution is 0.868. The molecule has 1 atom stereocenters. The minimum absolute atomic E-state index is 0.0846. The number of hydrogen-bond donors (Lipinski definition) is 3. The normalized spacial score (nSPS) is 12.3. The van der Waals surface area contributed by atoms with Gasteiger partial charge in [0.15, 0.2) is 5.65 Å². The van der Waals surface area contributed by atoms with E-state index in [4.69, 9.17) is 0 Å².